The van der Waals surface area contributed by atoms with Crippen LogP contribution in [0.15, 0.2) is 127 Å². The molecule has 0 atom stereocenters. The molecule has 0 spiro atoms. The lowest BCUT2D eigenvalue weighted by atomic mass is 9.33. The molecule has 7 aromatic rings. The number of fused-ring (bicyclic) bond motifs is 11. The van der Waals surface area contributed by atoms with Crippen LogP contribution in [0.25, 0.3) is 22.3 Å². The Labute approximate surface area is 390 Å². The standard InChI is InChI=1S/C59H57BN2O4/c1-57(2,3)38-16-20-40(21-17-38)61-48-34-37(36-15-24-43-42-13-9-10-14-44(42)59(7,8)45(43)33-36)35-49-52(48)60(46-25-27-50-55(53(46)61)65-31-11-29-63-50)47-26-28-51-56(66-32-12-30-64-51)54(47)62(49)41-22-18-39(19-23-41)58(4,5)6/h9-10,13-28,33-35H,11-12,29-32H2,1-8H3. The van der Waals surface area contributed by atoms with Crippen molar-refractivity contribution in [3.63, 3.8) is 0 Å². The van der Waals surface area contributed by atoms with Crippen molar-refractivity contribution in [2.24, 2.45) is 0 Å². The number of hydrogen-bond acceptors (Lipinski definition) is 6. The summed E-state index contributed by atoms with van der Waals surface area (Å²) in [5.74, 6) is 3.13. The summed E-state index contributed by atoms with van der Waals surface area (Å²) in [6.45, 7) is 20.6. The molecule has 0 saturated heterocycles. The van der Waals surface area contributed by atoms with Crippen molar-refractivity contribution in [2.45, 2.75) is 84.5 Å². The van der Waals surface area contributed by atoms with Crippen LogP contribution in [0, 0.1) is 0 Å². The lowest BCUT2D eigenvalue weighted by Gasteiger charge is -2.45. The Bertz CT molecular complexity index is 2950. The Hall–Kier alpha value is -6.60. The van der Waals surface area contributed by atoms with E-state index in [0.29, 0.717) is 26.4 Å². The molecule has 0 amide bonds. The Morgan fingerprint density at radius 1 is 0.485 bits per heavy atom. The molecule has 1 aliphatic carbocycles. The first-order valence-electron chi connectivity index (χ1n) is 23.9. The first-order valence-corrected chi connectivity index (χ1v) is 23.9. The number of hydrogen-bond donors (Lipinski definition) is 0. The first kappa shape index (κ1) is 40.9. The summed E-state index contributed by atoms with van der Waals surface area (Å²) < 4.78 is 26.7. The predicted molar refractivity (Wildman–Crippen MR) is 272 cm³/mol. The van der Waals surface area contributed by atoms with Gasteiger partial charge in [0.25, 0.3) is 6.71 Å². The molecule has 0 aromatic heterocycles. The van der Waals surface area contributed by atoms with Crippen molar-refractivity contribution in [3.05, 3.63) is 150 Å². The zero-order valence-corrected chi connectivity index (χ0v) is 39.5. The van der Waals surface area contributed by atoms with Crippen LogP contribution in [0.1, 0.15) is 90.5 Å². The minimum atomic E-state index is -0.160. The fourth-order valence-electron chi connectivity index (χ4n) is 11.2. The van der Waals surface area contributed by atoms with E-state index in [1.54, 1.807) is 0 Å². The maximum absolute atomic E-state index is 6.85. The quantitative estimate of drug-likeness (QED) is 0.165. The van der Waals surface area contributed by atoms with Crippen LogP contribution in [0.4, 0.5) is 34.1 Å². The predicted octanol–water partition coefficient (Wildman–Crippen LogP) is 12.7. The topological polar surface area (TPSA) is 43.4 Å². The molecule has 4 aliphatic heterocycles. The van der Waals surface area contributed by atoms with E-state index in [4.69, 9.17) is 18.9 Å². The Morgan fingerprint density at radius 3 is 1.48 bits per heavy atom. The van der Waals surface area contributed by atoms with E-state index in [2.05, 4.69) is 193 Å². The highest BCUT2D eigenvalue weighted by Crippen LogP contribution is 2.55. The van der Waals surface area contributed by atoms with Gasteiger partial charge in [-0.3, -0.25) is 0 Å². The van der Waals surface area contributed by atoms with Gasteiger partial charge < -0.3 is 28.7 Å². The van der Waals surface area contributed by atoms with Gasteiger partial charge in [-0.2, -0.15) is 0 Å². The molecular weight excluding hydrogens is 811 g/mol. The molecule has 4 heterocycles. The van der Waals surface area contributed by atoms with Gasteiger partial charge in [0.1, 0.15) is 0 Å². The van der Waals surface area contributed by atoms with E-state index in [0.717, 1.165) is 86.5 Å². The third kappa shape index (κ3) is 6.22. The van der Waals surface area contributed by atoms with Crippen LogP contribution >= 0.6 is 0 Å². The van der Waals surface area contributed by atoms with Gasteiger partial charge in [-0.1, -0.05) is 128 Å². The Balaban J connectivity index is 1.19. The van der Waals surface area contributed by atoms with E-state index < -0.39 is 0 Å². The summed E-state index contributed by atoms with van der Waals surface area (Å²) in [7, 11) is 0. The zero-order chi connectivity index (χ0) is 45.3. The van der Waals surface area contributed by atoms with Crippen molar-refractivity contribution < 1.29 is 18.9 Å². The van der Waals surface area contributed by atoms with Gasteiger partial charge in [0.2, 0.25) is 0 Å². The largest absolute Gasteiger partial charge is 0.489 e. The molecule has 0 saturated carbocycles. The molecular formula is C59H57BN2O4. The summed E-state index contributed by atoms with van der Waals surface area (Å²) in [4.78, 5) is 4.94. The fourth-order valence-corrected chi connectivity index (χ4v) is 11.2. The SMILES string of the molecule is CC(C)(C)c1ccc(N2c3cc(-c4ccc5c(c4)C(C)(C)c4ccccc4-5)cc4c3B(c3ccc5c(c32)OCCCO5)c2ccc3c(c2N4c2ccc(C(C)(C)C)cc2)OCCCO3)cc1. The van der Waals surface area contributed by atoms with Gasteiger partial charge >= 0.3 is 0 Å². The first-order chi connectivity index (χ1) is 31.8. The molecule has 0 radical (unpaired) electrons. The molecule has 7 aromatic carbocycles. The third-order valence-corrected chi connectivity index (χ3v) is 14.7. The number of ether oxygens (including phenoxy) is 4. The minimum absolute atomic E-state index is 0.00585. The Morgan fingerprint density at radius 2 is 0.970 bits per heavy atom. The highest BCUT2D eigenvalue weighted by atomic mass is 16.5. The van der Waals surface area contributed by atoms with Crippen LogP contribution in [0.2, 0.25) is 0 Å². The van der Waals surface area contributed by atoms with Crippen molar-refractivity contribution in [2.75, 3.05) is 36.2 Å². The number of nitrogens with zero attached hydrogens (tertiary/aromatic N) is 2. The van der Waals surface area contributed by atoms with E-state index in [1.807, 2.05) is 0 Å². The van der Waals surface area contributed by atoms with Gasteiger partial charge in [-0.15, -0.1) is 0 Å². The molecule has 0 bridgehead atoms. The molecule has 6 nitrogen and oxygen atoms in total. The molecule has 0 N–H and O–H groups in total. The molecule has 0 unspecified atom stereocenters. The summed E-state index contributed by atoms with van der Waals surface area (Å²) in [5.41, 5.74) is 20.0. The van der Waals surface area contributed by atoms with E-state index in [9.17, 15) is 0 Å². The monoisotopic (exact) mass is 868 g/mol. The van der Waals surface area contributed by atoms with Crippen molar-refractivity contribution >= 4 is 57.2 Å². The summed E-state index contributed by atoms with van der Waals surface area (Å²) >= 11 is 0. The molecule has 66 heavy (non-hydrogen) atoms. The van der Waals surface area contributed by atoms with Crippen LogP contribution in [-0.2, 0) is 16.2 Å². The van der Waals surface area contributed by atoms with Crippen molar-refractivity contribution in [3.8, 4) is 45.3 Å². The van der Waals surface area contributed by atoms with Crippen LogP contribution in [0.3, 0.4) is 0 Å². The highest BCUT2D eigenvalue weighted by Gasteiger charge is 2.47. The maximum atomic E-state index is 6.85. The van der Waals surface area contributed by atoms with E-state index in [-0.39, 0.29) is 23.0 Å². The Kier molecular flexibility index (Phi) is 9.11. The third-order valence-electron chi connectivity index (χ3n) is 14.7. The summed E-state index contributed by atoms with van der Waals surface area (Å²) in [6.07, 6.45) is 1.62. The molecule has 7 heteroatoms. The van der Waals surface area contributed by atoms with Gasteiger partial charge in [0.05, 0.1) is 37.8 Å². The van der Waals surface area contributed by atoms with Gasteiger partial charge in [-0.25, -0.2) is 0 Å². The maximum Gasteiger partial charge on any atom is 0.252 e. The zero-order valence-electron chi connectivity index (χ0n) is 39.5. The second-order valence-electron chi connectivity index (χ2n) is 21.3. The minimum Gasteiger partial charge on any atom is -0.489 e. The lowest BCUT2D eigenvalue weighted by molar-refractivity contribution is 0.297. The second-order valence-corrected chi connectivity index (χ2v) is 21.3. The highest BCUT2D eigenvalue weighted by molar-refractivity contribution is 7.00. The van der Waals surface area contributed by atoms with Gasteiger partial charge in [0.15, 0.2) is 23.0 Å². The van der Waals surface area contributed by atoms with Crippen LogP contribution in [0.5, 0.6) is 23.0 Å². The molecule has 0 fully saturated rings. The lowest BCUT2D eigenvalue weighted by Crippen LogP contribution is -2.61. The van der Waals surface area contributed by atoms with Crippen LogP contribution < -0.4 is 45.1 Å². The normalized spacial score (nSPS) is 16.3. The second kappa shape index (κ2) is 14.7. The number of rotatable bonds is 3. The smallest absolute Gasteiger partial charge is 0.252 e. The summed E-state index contributed by atoms with van der Waals surface area (Å²) in [5, 5.41) is 0. The molecule has 12 rings (SSSR count). The average Bonchev–Trinajstić information content (AvgIpc) is 3.59. The van der Waals surface area contributed by atoms with E-state index in [1.165, 1.54) is 44.4 Å². The summed E-state index contributed by atoms with van der Waals surface area (Å²) in [6, 6.07) is 48.1. The van der Waals surface area contributed by atoms with Crippen molar-refractivity contribution in [1.29, 1.82) is 0 Å². The van der Waals surface area contributed by atoms with Crippen LogP contribution in [-0.4, -0.2) is 33.1 Å². The number of benzene rings is 7. The van der Waals surface area contributed by atoms with Crippen molar-refractivity contribution in [1.82, 2.24) is 0 Å². The molecule has 5 aliphatic rings. The van der Waals surface area contributed by atoms with Gasteiger partial charge in [0, 0.05) is 41.0 Å². The van der Waals surface area contributed by atoms with E-state index >= 15 is 0 Å². The average molecular weight is 869 g/mol. The number of anilines is 6. The fraction of sp³-hybridized carbons (Fsp3) is 0.288. The van der Waals surface area contributed by atoms with Gasteiger partial charge in [-0.05, 0) is 126 Å². The molecule has 330 valence electrons.